The van der Waals surface area contributed by atoms with Gasteiger partial charge in [-0.1, -0.05) is 48.5 Å². The van der Waals surface area contributed by atoms with Crippen molar-refractivity contribution in [3.63, 3.8) is 0 Å². The fraction of sp³-hybridized carbons (Fsp3) is 0.179. The number of hydrogen-bond donors (Lipinski definition) is 3. The molecule has 4 aromatic rings. The van der Waals surface area contributed by atoms with Gasteiger partial charge in [-0.05, 0) is 42.0 Å². The predicted octanol–water partition coefficient (Wildman–Crippen LogP) is 4.48. The molecule has 36 heavy (non-hydrogen) atoms. The van der Waals surface area contributed by atoms with Crippen LogP contribution in [0.1, 0.15) is 11.6 Å². The topological polar surface area (TPSA) is 105 Å². The molecule has 0 bridgehead atoms. The monoisotopic (exact) mass is 480 g/mol. The van der Waals surface area contributed by atoms with Crippen LogP contribution in [0.15, 0.2) is 91.1 Å². The highest BCUT2D eigenvalue weighted by Gasteiger charge is 2.29. The number of rotatable bonds is 7. The maximum Gasteiger partial charge on any atom is 0.246 e. The zero-order valence-corrected chi connectivity index (χ0v) is 19.8. The Hall–Kier alpha value is -4.27. The van der Waals surface area contributed by atoms with Gasteiger partial charge in [0, 0.05) is 41.9 Å². The van der Waals surface area contributed by atoms with Crippen LogP contribution in [-0.2, 0) is 9.53 Å². The summed E-state index contributed by atoms with van der Waals surface area (Å²) in [5.74, 6) is 0.415. The lowest BCUT2D eigenvalue weighted by atomic mass is 10.0. The van der Waals surface area contributed by atoms with E-state index in [0.717, 1.165) is 28.2 Å². The first-order chi connectivity index (χ1) is 17.7. The number of benzene rings is 3. The molecule has 8 heteroatoms. The van der Waals surface area contributed by atoms with E-state index in [1.54, 1.807) is 6.20 Å². The molecule has 1 aliphatic heterocycles. The summed E-state index contributed by atoms with van der Waals surface area (Å²) in [6, 6.07) is 26.4. The molecule has 0 saturated carbocycles. The van der Waals surface area contributed by atoms with Crippen molar-refractivity contribution < 1.29 is 9.53 Å². The van der Waals surface area contributed by atoms with Gasteiger partial charge in [0.2, 0.25) is 11.9 Å². The third-order valence-electron chi connectivity index (χ3n) is 6.02. The molecule has 1 fully saturated rings. The second kappa shape index (κ2) is 11.0. The molecule has 1 aliphatic rings. The van der Waals surface area contributed by atoms with Gasteiger partial charge in [-0.2, -0.15) is 0 Å². The molecule has 5 rings (SSSR count). The summed E-state index contributed by atoms with van der Waals surface area (Å²) in [7, 11) is 0. The number of carbonyl (C=O) groups excluding carboxylic acids is 1. The Bertz CT molecular complexity index is 1310. The third-order valence-corrected chi connectivity index (χ3v) is 6.02. The van der Waals surface area contributed by atoms with Crippen molar-refractivity contribution in [3.05, 3.63) is 96.7 Å². The van der Waals surface area contributed by atoms with E-state index < -0.39 is 0 Å². The van der Waals surface area contributed by atoms with Gasteiger partial charge in [-0.15, -0.1) is 0 Å². The fourth-order valence-electron chi connectivity index (χ4n) is 4.26. The van der Waals surface area contributed by atoms with E-state index in [9.17, 15) is 4.79 Å². The Kier molecular flexibility index (Phi) is 7.16. The Morgan fingerprint density at radius 1 is 0.917 bits per heavy atom. The standard InChI is InChI=1S/C28H28N6O2/c29-22-7-4-8-24(19-22)32-28-30-14-13-25(33-28)20-9-11-23(12-10-20)31-27(35)26(21-5-2-1-3-6-21)34-15-17-36-18-16-34/h1-14,19,26H,15-18,29H2,(H,31,35)(H,30,32,33)/t26-/m0/s1. The maximum atomic E-state index is 13.4. The number of nitrogen functional groups attached to an aromatic ring is 1. The summed E-state index contributed by atoms with van der Waals surface area (Å²) in [4.78, 5) is 24.5. The second-order valence-electron chi connectivity index (χ2n) is 8.54. The quantitative estimate of drug-likeness (QED) is 0.335. The molecule has 3 aromatic carbocycles. The lowest BCUT2D eigenvalue weighted by Crippen LogP contribution is -2.43. The number of morpholine rings is 1. The number of carbonyl (C=O) groups is 1. The van der Waals surface area contributed by atoms with E-state index >= 15 is 0 Å². The van der Waals surface area contributed by atoms with Gasteiger partial charge in [0.1, 0.15) is 6.04 Å². The fourth-order valence-corrected chi connectivity index (χ4v) is 4.26. The van der Waals surface area contributed by atoms with Gasteiger partial charge in [0.25, 0.3) is 0 Å². The van der Waals surface area contributed by atoms with E-state index in [1.807, 2.05) is 84.9 Å². The molecule has 1 saturated heterocycles. The molecule has 182 valence electrons. The molecule has 0 unspecified atom stereocenters. The van der Waals surface area contributed by atoms with Crippen molar-refractivity contribution >= 4 is 28.9 Å². The van der Waals surface area contributed by atoms with Crippen LogP contribution in [0, 0.1) is 0 Å². The summed E-state index contributed by atoms with van der Waals surface area (Å²) in [6.45, 7) is 2.68. The lowest BCUT2D eigenvalue weighted by Gasteiger charge is -2.33. The Morgan fingerprint density at radius 2 is 1.69 bits per heavy atom. The Labute approximate surface area is 210 Å². The molecule has 0 spiro atoms. The van der Waals surface area contributed by atoms with E-state index in [-0.39, 0.29) is 11.9 Å². The van der Waals surface area contributed by atoms with Crippen LogP contribution >= 0.6 is 0 Å². The largest absolute Gasteiger partial charge is 0.399 e. The average Bonchev–Trinajstić information content (AvgIpc) is 2.91. The molecular weight excluding hydrogens is 452 g/mol. The second-order valence-corrected chi connectivity index (χ2v) is 8.54. The van der Waals surface area contributed by atoms with Crippen molar-refractivity contribution in [3.8, 4) is 11.3 Å². The van der Waals surface area contributed by atoms with Crippen LogP contribution in [-0.4, -0.2) is 47.1 Å². The van der Waals surface area contributed by atoms with Crippen molar-refractivity contribution in [2.75, 3.05) is 42.7 Å². The first-order valence-electron chi connectivity index (χ1n) is 11.9. The van der Waals surface area contributed by atoms with Gasteiger partial charge < -0.3 is 21.1 Å². The molecule has 8 nitrogen and oxygen atoms in total. The zero-order valence-electron chi connectivity index (χ0n) is 19.8. The molecule has 1 atom stereocenters. The van der Waals surface area contributed by atoms with E-state index in [0.29, 0.717) is 37.9 Å². The molecular formula is C28H28N6O2. The SMILES string of the molecule is Nc1cccc(Nc2nccc(-c3ccc(NC(=O)[C@H](c4ccccc4)N4CCOCC4)cc3)n2)c1. The molecule has 1 amide bonds. The normalized spacial score (nSPS) is 14.7. The number of anilines is 4. The first kappa shape index (κ1) is 23.5. The summed E-state index contributed by atoms with van der Waals surface area (Å²) in [5.41, 5.74) is 10.7. The zero-order chi connectivity index (χ0) is 24.7. The van der Waals surface area contributed by atoms with Gasteiger partial charge >= 0.3 is 0 Å². The number of amides is 1. The number of nitrogens with two attached hydrogens (primary N) is 1. The van der Waals surface area contributed by atoms with E-state index in [1.165, 1.54) is 0 Å². The van der Waals surface area contributed by atoms with Crippen molar-refractivity contribution in [1.29, 1.82) is 0 Å². The smallest absolute Gasteiger partial charge is 0.246 e. The van der Waals surface area contributed by atoms with Crippen LogP contribution in [0.25, 0.3) is 11.3 Å². The van der Waals surface area contributed by atoms with E-state index in [2.05, 4.69) is 25.5 Å². The summed E-state index contributed by atoms with van der Waals surface area (Å²) < 4.78 is 5.49. The minimum Gasteiger partial charge on any atom is -0.399 e. The third kappa shape index (κ3) is 5.68. The van der Waals surface area contributed by atoms with Gasteiger partial charge in [-0.3, -0.25) is 9.69 Å². The van der Waals surface area contributed by atoms with Gasteiger partial charge in [0.05, 0.1) is 18.9 Å². The number of ether oxygens (including phenoxy) is 1. The lowest BCUT2D eigenvalue weighted by molar-refractivity contribution is -0.123. The number of aromatic nitrogens is 2. The molecule has 0 aliphatic carbocycles. The number of nitrogens with one attached hydrogen (secondary N) is 2. The van der Waals surface area contributed by atoms with Crippen LogP contribution in [0.3, 0.4) is 0 Å². The highest BCUT2D eigenvalue weighted by Crippen LogP contribution is 2.26. The first-order valence-corrected chi connectivity index (χ1v) is 11.9. The molecule has 4 N–H and O–H groups in total. The number of hydrogen-bond acceptors (Lipinski definition) is 7. The van der Waals surface area contributed by atoms with Crippen molar-refractivity contribution in [1.82, 2.24) is 14.9 Å². The minimum atomic E-state index is -0.378. The van der Waals surface area contributed by atoms with Crippen LogP contribution in [0.2, 0.25) is 0 Å². The molecule has 2 heterocycles. The van der Waals surface area contributed by atoms with Gasteiger partial charge in [0.15, 0.2) is 0 Å². The van der Waals surface area contributed by atoms with Crippen LogP contribution < -0.4 is 16.4 Å². The summed E-state index contributed by atoms with van der Waals surface area (Å²) in [6.07, 6.45) is 1.71. The average molecular weight is 481 g/mol. The number of nitrogens with zero attached hydrogens (tertiary/aromatic N) is 3. The summed E-state index contributed by atoms with van der Waals surface area (Å²) >= 11 is 0. The van der Waals surface area contributed by atoms with Gasteiger partial charge in [-0.25, -0.2) is 9.97 Å². The minimum absolute atomic E-state index is 0.0634. The maximum absolute atomic E-state index is 13.4. The van der Waals surface area contributed by atoms with Crippen LogP contribution in [0.5, 0.6) is 0 Å². The molecule has 1 aromatic heterocycles. The van der Waals surface area contributed by atoms with E-state index in [4.69, 9.17) is 10.5 Å². The van der Waals surface area contributed by atoms with Crippen LogP contribution in [0.4, 0.5) is 23.0 Å². The predicted molar refractivity (Wildman–Crippen MR) is 142 cm³/mol. The highest BCUT2D eigenvalue weighted by atomic mass is 16.5. The summed E-state index contributed by atoms with van der Waals surface area (Å²) in [5, 5.41) is 6.27. The Morgan fingerprint density at radius 3 is 2.44 bits per heavy atom. The highest BCUT2D eigenvalue weighted by molar-refractivity contribution is 5.95. The van der Waals surface area contributed by atoms with Crippen molar-refractivity contribution in [2.45, 2.75) is 6.04 Å². The van der Waals surface area contributed by atoms with Crippen molar-refractivity contribution in [2.24, 2.45) is 0 Å². The Balaban J connectivity index is 1.30. The molecule has 0 radical (unpaired) electrons.